The maximum Gasteiger partial charge on any atom is 0.0857 e. The SMILES string of the molecule is CCCCCCN(CCCCCC)c1ccc(C#Cc2ccc(N=Nc3ccc(I)cc3)cc2)cc1. The van der Waals surface area contributed by atoms with E-state index in [1.54, 1.807) is 0 Å². The molecule has 0 radical (unpaired) electrons. The Hall–Kier alpha value is -2.65. The molecule has 3 aromatic rings. The van der Waals surface area contributed by atoms with E-state index >= 15 is 0 Å². The third-order valence-electron chi connectivity index (χ3n) is 6.12. The van der Waals surface area contributed by atoms with Gasteiger partial charge in [-0.15, -0.1) is 0 Å². The molecule has 36 heavy (non-hydrogen) atoms. The fraction of sp³-hybridized carbons (Fsp3) is 0.375. The van der Waals surface area contributed by atoms with Gasteiger partial charge in [0.25, 0.3) is 0 Å². The average molecular weight is 592 g/mol. The second-order valence-corrected chi connectivity index (χ2v) is 10.4. The molecule has 4 heteroatoms. The van der Waals surface area contributed by atoms with Gasteiger partial charge in [-0.2, -0.15) is 10.2 Å². The van der Waals surface area contributed by atoms with Crippen LogP contribution in [0.2, 0.25) is 0 Å². The van der Waals surface area contributed by atoms with Gasteiger partial charge in [-0.3, -0.25) is 0 Å². The van der Waals surface area contributed by atoms with E-state index in [2.05, 4.69) is 87.7 Å². The van der Waals surface area contributed by atoms with Crippen molar-refractivity contribution < 1.29 is 0 Å². The van der Waals surface area contributed by atoms with Crippen molar-refractivity contribution in [3.8, 4) is 11.8 Å². The zero-order valence-electron chi connectivity index (χ0n) is 21.7. The maximum absolute atomic E-state index is 4.32. The highest BCUT2D eigenvalue weighted by atomic mass is 127. The van der Waals surface area contributed by atoms with Crippen LogP contribution >= 0.6 is 22.6 Å². The van der Waals surface area contributed by atoms with Crippen LogP contribution < -0.4 is 4.90 Å². The number of halogens is 1. The van der Waals surface area contributed by atoms with E-state index in [1.165, 1.54) is 60.6 Å². The minimum atomic E-state index is 0.821. The Morgan fingerprint density at radius 1 is 0.583 bits per heavy atom. The minimum Gasteiger partial charge on any atom is -0.372 e. The number of unbranched alkanes of at least 4 members (excludes halogenated alkanes) is 6. The quantitative estimate of drug-likeness (QED) is 0.0841. The predicted octanol–water partition coefficient (Wildman–Crippen LogP) is 10.1. The monoisotopic (exact) mass is 591 g/mol. The van der Waals surface area contributed by atoms with Crippen molar-refractivity contribution in [2.24, 2.45) is 10.2 Å². The fourth-order valence-electron chi connectivity index (χ4n) is 3.96. The molecule has 0 heterocycles. The smallest absolute Gasteiger partial charge is 0.0857 e. The van der Waals surface area contributed by atoms with Gasteiger partial charge in [-0.1, -0.05) is 64.2 Å². The summed E-state index contributed by atoms with van der Waals surface area (Å²) in [7, 11) is 0. The van der Waals surface area contributed by atoms with Crippen LogP contribution in [0.5, 0.6) is 0 Å². The highest BCUT2D eigenvalue weighted by Gasteiger charge is 2.06. The first-order chi connectivity index (χ1) is 17.7. The van der Waals surface area contributed by atoms with Crippen molar-refractivity contribution in [3.63, 3.8) is 0 Å². The molecule has 0 bridgehead atoms. The molecular formula is C32H38IN3. The van der Waals surface area contributed by atoms with Crippen LogP contribution in [0.4, 0.5) is 17.1 Å². The topological polar surface area (TPSA) is 28.0 Å². The van der Waals surface area contributed by atoms with Crippen molar-refractivity contribution in [2.45, 2.75) is 65.2 Å². The van der Waals surface area contributed by atoms with Crippen LogP contribution in [0.3, 0.4) is 0 Å². The molecule has 3 nitrogen and oxygen atoms in total. The Morgan fingerprint density at radius 3 is 1.50 bits per heavy atom. The number of azo groups is 1. The first-order valence-electron chi connectivity index (χ1n) is 13.3. The zero-order valence-corrected chi connectivity index (χ0v) is 23.9. The second kappa shape index (κ2) is 16.2. The van der Waals surface area contributed by atoms with E-state index in [1.807, 2.05) is 48.5 Å². The van der Waals surface area contributed by atoms with Gasteiger partial charge in [0.1, 0.15) is 0 Å². The lowest BCUT2D eigenvalue weighted by Gasteiger charge is -2.25. The molecule has 0 N–H and O–H groups in total. The van der Waals surface area contributed by atoms with Crippen LogP contribution in [0.1, 0.15) is 76.3 Å². The third-order valence-corrected chi connectivity index (χ3v) is 6.84. The Kier molecular flexibility index (Phi) is 12.5. The summed E-state index contributed by atoms with van der Waals surface area (Å²) in [6.07, 6.45) is 10.4. The molecule has 0 saturated carbocycles. The Labute approximate surface area is 231 Å². The van der Waals surface area contributed by atoms with Crippen LogP contribution in [-0.4, -0.2) is 13.1 Å². The first-order valence-corrected chi connectivity index (χ1v) is 14.4. The molecule has 3 rings (SSSR count). The first kappa shape index (κ1) is 27.9. The third kappa shape index (κ3) is 10.1. The van der Waals surface area contributed by atoms with Gasteiger partial charge in [0.05, 0.1) is 11.4 Å². The summed E-state index contributed by atoms with van der Waals surface area (Å²) < 4.78 is 1.19. The van der Waals surface area contributed by atoms with E-state index in [0.717, 1.165) is 35.6 Å². The lowest BCUT2D eigenvalue weighted by atomic mass is 10.1. The van der Waals surface area contributed by atoms with Crippen molar-refractivity contribution in [1.29, 1.82) is 0 Å². The largest absolute Gasteiger partial charge is 0.372 e. The Balaban J connectivity index is 1.58. The molecule has 0 aromatic heterocycles. The number of nitrogens with zero attached hydrogens (tertiary/aromatic N) is 3. The molecule has 0 unspecified atom stereocenters. The van der Waals surface area contributed by atoms with E-state index in [0.29, 0.717) is 0 Å². The summed E-state index contributed by atoms with van der Waals surface area (Å²) >= 11 is 2.28. The Bertz CT molecular complexity index is 1100. The molecule has 3 aromatic carbocycles. The van der Waals surface area contributed by atoms with Crippen molar-refractivity contribution in [3.05, 3.63) is 87.5 Å². The molecular weight excluding hydrogens is 553 g/mol. The number of benzene rings is 3. The average Bonchev–Trinajstić information content (AvgIpc) is 2.92. The second-order valence-electron chi connectivity index (χ2n) is 9.13. The van der Waals surface area contributed by atoms with Crippen LogP contribution in [0, 0.1) is 15.4 Å². The van der Waals surface area contributed by atoms with Gasteiger partial charge < -0.3 is 4.90 Å². The van der Waals surface area contributed by atoms with Crippen molar-refractivity contribution in [1.82, 2.24) is 0 Å². The summed E-state index contributed by atoms with van der Waals surface area (Å²) in [6, 6.07) is 24.7. The van der Waals surface area contributed by atoms with Gasteiger partial charge in [0, 0.05) is 33.5 Å². The molecule has 0 atom stereocenters. The summed E-state index contributed by atoms with van der Waals surface area (Å²) in [5.74, 6) is 6.58. The van der Waals surface area contributed by atoms with Gasteiger partial charge in [-0.05, 0) is 108 Å². The molecule has 0 spiro atoms. The van der Waals surface area contributed by atoms with E-state index in [4.69, 9.17) is 0 Å². The van der Waals surface area contributed by atoms with Crippen molar-refractivity contribution >= 4 is 39.7 Å². The van der Waals surface area contributed by atoms with Gasteiger partial charge in [-0.25, -0.2) is 0 Å². The number of hydrogen-bond acceptors (Lipinski definition) is 3. The standard InChI is InChI=1S/C32H38IN3/c1-3-5-7-9-25-36(26-10-8-6-4-2)32-23-15-28(16-24-32)12-11-27-13-19-30(20-14-27)34-35-31-21-17-29(33)18-22-31/h13-24H,3-10,25-26H2,1-2H3. The fourth-order valence-corrected chi connectivity index (χ4v) is 4.32. The van der Waals surface area contributed by atoms with Crippen LogP contribution in [0.25, 0.3) is 0 Å². The van der Waals surface area contributed by atoms with Gasteiger partial charge in [0.2, 0.25) is 0 Å². The lowest BCUT2D eigenvalue weighted by molar-refractivity contribution is 0.609. The highest BCUT2D eigenvalue weighted by molar-refractivity contribution is 14.1. The molecule has 0 saturated heterocycles. The molecule has 188 valence electrons. The summed E-state index contributed by atoms with van der Waals surface area (Å²) in [5, 5.41) is 8.62. The van der Waals surface area contributed by atoms with Gasteiger partial charge >= 0.3 is 0 Å². The lowest BCUT2D eigenvalue weighted by Crippen LogP contribution is -2.25. The predicted molar refractivity (Wildman–Crippen MR) is 163 cm³/mol. The molecule has 0 aliphatic carbocycles. The van der Waals surface area contributed by atoms with Crippen LogP contribution in [0.15, 0.2) is 83.0 Å². The maximum atomic E-state index is 4.32. The highest BCUT2D eigenvalue weighted by Crippen LogP contribution is 2.20. The molecule has 0 aliphatic rings. The zero-order chi connectivity index (χ0) is 25.4. The van der Waals surface area contributed by atoms with Crippen molar-refractivity contribution in [2.75, 3.05) is 18.0 Å². The normalized spacial score (nSPS) is 10.9. The Morgan fingerprint density at radius 2 is 1.03 bits per heavy atom. The summed E-state index contributed by atoms with van der Waals surface area (Å²) in [4.78, 5) is 2.56. The molecule has 0 fully saturated rings. The number of hydrogen-bond donors (Lipinski definition) is 0. The van der Waals surface area contributed by atoms with Crippen LogP contribution in [-0.2, 0) is 0 Å². The number of anilines is 1. The van der Waals surface area contributed by atoms with E-state index in [-0.39, 0.29) is 0 Å². The summed E-state index contributed by atoms with van der Waals surface area (Å²) in [6.45, 7) is 6.83. The van der Waals surface area contributed by atoms with E-state index < -0.39 is 0 Å². The van der Waals surface area contributed by atoms with Gasteiger partial charge in [0.15, 0.2) is 0 Å². The molecule has 0 amide bonds. The minimum absolute atomic E-state index is 0.821. The summed E-state index contributed by atoms with van der Waals surface area (Å²) in [5.41, 5.74) is 5.00. The van der Waals surface area contributed by atoms with E-state index in [9.17, 15) is 0 Å². The molecule has 0 aliphatic heterocycles. The number of rotatable bonds is 13.